The number of aliphatic carboxylic acids is 1. The summed E-state index contributed by atoms with van der Waals surface area (Å²) in [6.45, 7) is 1.78. The van der Waals surface area contributed by atoms with Crippen molar-refractivity contribution >= 4 is 11.7 Å². The molecule has 0 bridgehead atoms. The largest absolute Gasteiger partial charge is 0.481 e. The van der Waals surface area contributed by atoms with E-state index in [0.29, 0.717) is 5.56 Å². The first kappa shape index (κ1) is 11.8. The van der Waals surface area contributed by atoms with Crippen LogP contribution in [0.15, 0.2) is 18.2 Å². The van der Waals surface area contributed by atoms with Crippen LogP contribution in [0.2, 0.25) is 0 Å². The average Bonchev–Trinajstić information content (AvgIpc) is 2.52. The van der Waals surface area contributed by atoms with Crippen molar-refractivity contribution in [2.75, 3.05) is 5.43 Å². The Morgan fingerprint density at radius 3 is 3.06 bits per heavy atom. The Hall–Kier alpha value is -1.66. The number of hydrogen-bond acceptors (Lipinski definition) is 4. The Bertz CT molecular complexity index is 452. The van der Waals surface area contributed by atoms with Crippen LogP contribution in [0.5, 0.6) is 0 Å². The second-order valence-corrected chi connectivity index (χ2v) is 4.27. The van der Waals surface area contributed by atoms with Crippen molar-refractivity contribution in [1.82, 2.24) is 5.12 Å². The lowest BCUT2D eigenvalue weighted by Crippen LogP contribution is -2.38. The lowest BCUT2D eigenvalue weighted by atomic mass is 9.92. The van der Waals surface area contributed by atoms with Crippen LogP contribution in [0.25, 0.3) is 0 Å². The van der Waals surface area contributed by atoms with E-state index in [-0.39, 0.29) is 24.2 Å². The molecule has 0 saturated heterocycles. The van der Waals surface area contributed by atoms with E-state index in [1.165, 1.54) is 17.3 Å². The van der Waals surface area contributed by atoms with Crippen molar-refractivity contribution < 1.29 is 14.3 Å². The molecule has 0 fully saturated rings. The zero-order chi connectivity index (χ0) is 12.6. The van der Waals surface area contributed by atoms with Crippen LogP contribution in [0.3, 0.4) is 0 Å². The Kier molecular flexibility index (Phi) is 2.99. The molecule has 4 N–H and O–H groups in total. The number of carboxylic acids is 1. The summed E-state index contributed by atoms with van der Waals surface area (Å²) in [4.78, 5) is 10.7. The molecular formula is C11H14FN3O2. The minimum Gasteiger partial charge on any atom is -0.481 e. The molecule has 0 aliphatic carbocycles. The van der Waals surface area contributed by atoms with E-state index >= 15 is 0 Å². The SMILES string of the molecule is CC(CC(=O)O)C1c2cc(F)ccc2NN1N. The normalized spacial score (nSPS) is 20.8. The fourth-order valence-electron chi connectivity index (χ4n) is 2.21. The molecule has 92 valence electrons. The number of rotatable bonds is 3. The van der Waals surface area contributed by atoms with E-state index in [1.54, 1.807) is 13.0 Å². The number of carbonyl (C=O) groups is 1. The van der Waals surface area contributed by atoms with Crippen molar-refractivity contribution in [3.05, 3.63) is 29.6 Å². The first-order valence-electron chi connectivity index (χ1n) is 5.31. The molecule has 5 nitrogen and oxygen atoms in total. The fraction of sp³-hybridized carbons (Fsp3) is 0.364. The van der Waals surface area contributed by atoms with Crippen LogP contribution in [0.1, 0.15) is 24.9 Å². The number of benzene rings is 1. The van der Waals surface area contributed by atoms with E-state index in [1.807, 2.05) is 0 Å². The number of halogens is 1. The highest BCUT2D eigenvalue weighted by Gasteiger charge is 2.33. The second-order valence-electron chi connectivity index (χ2n) is 4.27. The van der Waals surface area contributed by atoms with Gasteiger partial charge in [-0.3, -0.25) is 10.6 Å². The van der Waals surface area contributed by atoms with E-state index in [9.17, 15) is 9.18 Å². The minimum atomic E-state index is -0.893. The van der Waals surface area contributed by atoms with E-state index in [2.05, 4.69) is 5.43 Å². The van der Waals surface area contributed by atoms with Gasteiger partial charge in [0.2, 0.25) is 0 Å². The van der Waals surface area contributed by atoms with Gasteiger partial charge in [-0.05, 0) is 24.1 Å². The molecular weight excluding hydrogens is 225 g/mol. The third-order valence-corrected chi connectivity index (χ3v) is 2.92. The van der Waals surface area contributed by atoms with Crippen LogP contribution in [0, 0.1) is 11.7 Å². The topological polar surface area (TPSA) is 78.6 Å². The number of nitrogens with one attached hydrogen (secondary N) is 1. The standard InChI is InChI=1S/C11H14FN3O2/c1-6(4-10(16)17)11-8-5-7(12)2-3-9(8)14-15(11)13/h2-3,5-6,11,14H,4,13H2,1H3,(H,16,17). The van der Waals surface area contributed by atoms with Gasteiger partial charge < -0.3 is 10.5 Å². The van der Waals surface area contributed by atoms with Gasteiger partial charge in [0.1, 0.15) is 5.82 Å². The summed E-state index contributed by atoms with van der Waals surface area (Å²) in [5.74, 6) is 4.30. The van der Waals surface area contributed by atoms with Gasteiger partial charge in [-0.2, -0.15) is 5.12 Å². The quantitative estimate of drug-likeness (QED) is 0.696. The minimum absolute atomic E-state index is 0.0179. The Morgan fingerprint density at radius 2 is 2.41 bits per heavy atom. The molecule has 2 unspecified atom stereocenters. The molecule has 6 heteroatoms. The van der Waals surface area contributed by atoms with E-state index in [0.717, 1.165) is 5.69 Å². The van der Waals surface area contributed by atoms with Crippen molar-refractivity contribution in [2.24, 2.45) is 11.8 Å². The molecule has 0 amide bonds. The number of hydrazine groups is 2. The molecule has 2 rings (SSSR count). The summed E-state index contributed by atoms with van der Waals surface area (Å²) in [5, 5.41) is 10.1. The number of nitrogens with two attached hydrogens (primary N) is 1. The molecule has 17 heavy (non-hydrogen) atoms. The molecule has 0 aromatic heterocycles. The highest BCUT2D eigenvalue weighted by atomic mass is 19.1. The summed E-state index contributed by atoms with van der Waals surface area (Å²) < 4.78 is 13.2. The van der Waals surface area contributed by atoms with Crippen LogP contribution in [0.4, 0.5) is 10.1 Å². The molecule has 1 aromatic rings. The van der Waals surface area contributed by atoms with Gasteiger partial charge in [0.05, 0.1) is 11.7 Å². The second kappa shape index (κ2) is 4.31. The van der Waals surface area contributed by atoms with Crippen molar-refractivity contribution in [2.45, 2.75) is 19.4 Å². The highest BCUT2D eigenvalue weighted by Crippen LogP contribution is 2.39. The van der Waals surface area contributed by atoms with Gasteiger partial charge >= 0.3 is 5.97 Å². The number of fused-ring (bicyclic) bond motifs is 1. The summed E-state index contributed by atoms with van der Waals surface area (Å²) >= 11 is 0. The van der Waals surface area contributed by atoms with Gasteiger partial charge in [0.15, 0.2) is 0 Å². The predicted molar refractivity (Wildman–Crippen MR) is 60.2 cm³/mol. The zero-order valence-corrected chi connectivity index (χ0v) is 9.35. The smallest absolute Gasteiger partial charge is 0.303 e. The zero-order valence-electron chi connectivity index (χ0n) is 9.35. The molecule has 1 heterocycles. The summed E-state index contributed by atoms with van der Waals surface area (Å²) in [5.41, 5.74) is 4.29. The predicted octanol–water partition coefficient (Wildman–Crippen LogP) is 1.49. The van der Waals surface area contributed by atoms with Gasteiger partial charge in [0, 0.05) is 12.0 Å². The lowest BCUT2D eigenvalue weighted by molar-refractivity contribution is -0.138. The van der Waals surface area contributed by atoms with Crippen molar-refractivity contribution in [3.63, 3.8) is 0 Å². The molecule has 1 aliphatic heterocycles. The van der Waals surface area contributed by atoms with Crippen LogP contribution in [-0.2, 0) is 4.79 Å². The van der Waals surface area contributed by atoms with Crippen molar-refractivity contribution in [1.29, 1.82) is 0 Å². The maximum Gasteiger partial charge on any atom is 0.303 e. The monoisotopic (exact) mass is 239 g/mol. The number of hydrogen-bond donors (Lipinski definition) is 3. The first-order valence-corrected chi connectivity index (χ1v) is 5.31. The number of carboxylic acid groups (broad SMARTS) is 1. The first-order chi connectivity index (χ1) is 7.99. The number of anilines is 1. The number of nitrogens with zero attached hydrogens (tertiary/aromatic N) is 1. The van der Waals surface area contributed by atoms with Gasteiger partial charge in [-0.15, -0.1) is 0 Å². The lowest BCUT2D eigenvalue weighted by Gasteiger charge is -2.24. The Morgan fingerprint density at radius 1 is 1.71 bits per heavy atom. The maximum atomic E-state index is 13.2. The molecule has 1 aliphatic rings. The molecule has 2 atom stereocenters. The molecule has 0 saturated carbocycles. The van der Waals surface area contributed by atoms with Crippen molar-refractivity contribution in [3.8, 4) is 0 Å². The van der Waals surface area contributed by atoms with Crippen LogP contribution < -0.4 is 11.3 Å². The van der Waals surface area contributed by atoms with Gasteiger partial charge in [-0.1, -0.05) is 6.92 Å². The Balaban J connectivity index is 2.30. The maximum absolute atomic E-state index is 13.2. The molecule has 0 radical (unpaired) electrons. The highest BCUT2D eigenvalue weighted by molar-refractivity contribution is 5.67. The van der Waals surface area contributed by atoms with Gasteiger partial charge in [-0.25, -0.2) is 4.39 Å². The summed E-state index contributed by atoms with van der Waals surface area (Å²) in [6.07, 6.45) is -0.0179. The Labute approximate surface area is 98.0 Å². The third-order valence-electron chi connectivity index (χ3n) is 2.92. The van der Waals surface area contributed by atoms with E-state index in [4.69, 9.17) is 10.9 Å². The fourth-order valence-corrected chi connectivity index (χ4v) is 2.21. The van der Waals surface area contributed by atoms with Crippen LogP contribution in [-0.4, -0.2) is 16.2 Å². The van der Waals surface area contributed by atoms with Crippen LogP contribution >= 0.6 is 0 Å². The average molecular weight is 239 g/mol. The van der Waals surface area contributed by atoms with Gasteiger partial charge in [0.25, 0.3) is 0 Å². The molecule has 1 aromatic carbocycles. The summed E-state index contributed by atoms with van der Waals surface area (Å²) in [6, 6.07) is 3.98. The van der Waals surface area contributed by atoms with E-state index < -0.39 is 5.97 Å². The third kappa shape index (κ3) is 2.22. The molecule has 0 spiro atoms. The summed E-state index contributed by atoms with van der Waals surface area (Å²) in [7, 11) is 0.